The van der Waals surface area contributed by atoms with Crippen LogP contribution in [0.4, 0.5) is 11.4 Å². The molecular formula is C28H33N3. The Morgan fingerprint density at radius 1 is 0.871 bits per heavy atom. The van der Waals surface area contributed by atoms with Crippen LogP contribution in [0.2, 0.25) is 0 Å². The zero-order chi connectivity index (χ0) is 22.0. The Balaban J connectivity index is 1.91. The summed E-state index contributed by atoms with van der Waals surface area (Å²) in [7, 11) is 4.17. The molecule has 0 aliphatic rings. The summed E-state index contributed by atoms with van der Waals surface area (Å²) in [5.74, 6) is 0. The number of nitrogens with one attached hydrogen (secondary N) is 1. The van der Waals surface area contributed by atoms with Crippen molar-refractivity contribution in [1.29, 1.82) is 0 Å². The van der Waals surface area contributed by atoms with Crippen molar-refractivity contribution in [1.82, 2.24) is 4.57 Å². The molecule has 31 heavy (non-hydrogen) atoms. The quantitative estimate of drug-likeness (QED) is 0.361. The van der Waals surface area contributed by atoms with Crippen molar-refractivity contribution in [2.24, 2.45) is 0 Å². The first kappa shape index (κ1) is 21.0. The normalized spacial score (nSPS) is 12.2. The van der Waals surface area contributed by atoms with Crippen LogP contribution in [0, 0.1) is 6.92 Å². The second-order valence-electron chi connectivity index (χ2n) is 8.33. The van der Waals surface area contributed by atoms with E-state index in [9.17, 15) is 0 Å². The minimum absolute atomic E-state index is 0.0709. The van der Waals surface area contributed by atoms with Gasteiger partial charge in [0, 0.05) is 54.2 Å². The maximum absolute atomic E-state index is 3.92. The minimum atomic E-state index is 0.0709. The number of hydrogen-bond donors (Lipinski definition) is 1. The Bertz CT molecular complexity index is 1170. The maximum atomic E-state index is 3.92. The van der Waals surface area contributed by atoms with Crippen LogP contribution in [-0.4, -0.2) is 18.7 Å². The van der Waals surface area contributed by atoms with E-state index in [1.165, 1.54) is 44.7 Å². The Labute approximate surface area is 186 Å². The topological polar surface area (TPSA) is 20.2 Å². The van der Waals surface area contributed by atoms with Crippen LogP contribution in [0.25, 0.3) is 10.9 Å². The van der Waals surface area contributed by atoms with Gasteiger partial charge in [-0.3, -0.25) is 0 Å². The van der Waals surface area contributed by atoms with Crippen LogP contribution >= 0.6 is 0 Å². The highest BCUT2D eigenvalue weighted by Gasteiger charge is 2.23. The first-order valence-electron chi connectivity index (χ1n) is 11.2. The number of aryl methyl sites for hydroxylation is 2. The second-order valence-corrected chi connectivity index (χ2v) is 8.33. The summed E-state index contributed by atoms with van der Waals surface area (Å²) in [6, 6.07) is 26.5. The van der Waals surface area contributed by atoms with Gasteiger partial charge < -0.3 is 14.8 Å². The largest absolute Gasteiger partial charge is 0.378 e. The third-order valence-corrected chi connectivity index (χ3v) is 6.33. The van der Waals surface area contributed by atoms with Gasteiger partial charge in [-0.05, 0) is 55.7 Å². The number of rotatable bonds is 7. The van der Waals surface area contributed by atoms with Gasteiger partial charge in [-0.1, -0.05) is 55.5 Å². The third kappa shape index (κ3) is 3.93. The number of anilines is 2. The van der Waals surface area contributed by atoms with E-state index < -0.39 is 0 Å². The molecule has 160 valence electrons. The molecule has 0 saturated carbocycles. The molecule has 3 heteroatoms. The number of aromatic nitrogens is 1. The van der Waals surface area contributed by atoms with Gasteiger partial charge in [-0.25, -0.2) is 0 Å². The van der Waals surface area contributed by atoms with E-state index >= 15 is 0 Å². The molecule has 1 aromatic heterocycles. The first-order valence-corrected chi connectivity index (χ1v) is 11.2. The van der Waals surface area contributed by atoms with Crippen molar-refractivity contribution in [3.8, 4) is 0 Å². The van der Waals surface area contributed by atoms with Crippen molar-refractivity contribution in [3.05, 3.63) is 95.2 Å². The minimum Gasteiger partial charge on any atom is -0.378 e. The summed E-state index contributed by atoms with van der Waals surface area (Å²) in [5.41, 5.74) is 9.03. The molecule has 0 spiro atoms. The SMILES string of the molecule is CCc1ccccc1NC(c1ccc(N(C)C)cc1)c1c(C)n(CC)c2ccccc12. The third-order valence-electron chi connectivity index (χ3n) is 6.33. The van der Waals surface area contributed by atoms with Crippen LogP contribution in [0.1, 0.15) is 42.3 Å². The summed E-state index contributed by atoms with van der Waals surface area (Å²) < 4.78 is 2.43. The molecular weight excluding hydrogens is 378 g/mol. The monoisotopic (exact) mass is 411 g/mol. The van der Waals surface area contributed by atoms with E-state index in [0.717, 1.165) is 13.0 Å². The van der Waals surface area contributed by atoms with Crippen LogP contribution in [0.5, 0.6) is 0 Å². The molecule has 0 amide bonds. The fraction of sp³-hybridized carbons (Fsp3) is 0.286. The van der Waals surface area contributed by atoms with Gasteiger partial charge in [-0.15, -0.1) is 0 Å². The van der Waals surface area contributed by atoms with E-state index in [0.29, 0.717) is 0 Å². The van der Waals surface area contributed by atoms with Crippen LogP contribution in [0.15, 0.2) is 72.8 Å². The summed E-state index contributed by atoms with van der Waals surface area (Å²) >= 11 is 0. The smallest absolute Gasteiger partial charge is 0.0791 e. The van der Waals surface area contributed by atoms with Crippen LogP contribution < -0.4 is 10.2 Å². The second kappa shape index (κ2) is 8.89. The van der Waals surface area contributed by atoms with Gasteiger partial charge in [-0.2, -0.15) is 0 Å². The fourth-order valence-corrected chi connectivity index (χ4v) is 4.64. The summed E-state index contributed by atoms with van der Waals surface area (Å²) in [4.78, 5) is 2.15. The Morgan fingerprint density at radius 2 is 1.55 bits per heavy atom. The van der Waals surface area contributed by atoms with Gasteiger partial charge in [0.05, 0.1) is 6.04 Å². The molecule has 4 rings (SSSR count). The average molecular weight is 412 g/mol. The lowest BCUT2D eigenvalue weighted by atomic mass is 9.94. The molecule has 0 aliphatic heterocycles. The van der Waals surface area contributed by atoms with E-state index in [4.69, 9.17) is 0 Å². The van der Waals surface area contributed by atoms with E-state index in [-0.39, 0.29) is 6.04 Å². The number of para-hydroxylation sites is 2. The van der Waals surface area contributed by atoms with Gasteiger partial charge in [0.15, 0.2) is 0 Å². The Kier molecular flexibility index (Phi) is 6.03. The molecule has 0 fully saturated rings. The number of nitrogens with zero attached hydrogens (tertiary/aromatic N) is 2. The summed E-state index contributed by atoms with van der Waals surface area (Å²) in [6.07, 6.45) is 1.01. The highest BCUT2D eigenvalue weighted by molar-refractivity contribution is 5.87. The van der Waals surface area contributed by atoms with Gasteiger partial charge in [0.25, 0.3) is 0 Å². The molecule has 3 nitrogen and oxygen atoms in total. The molecule has 1 heterocycles. The molecule has 0 radical (unpaired) electrons. The highest BCUT2D eigenvalue weighted by Crippen LogP contribution is 2.37. The van der Waals surface area contributed by atoms with E-state index in [2.05, 4.69) is 122 Å². The molecule has 1 N–H and O–H groups in total. The molecule has 1 atom stereocenters. The maximum Gasteiger partial charge on any atom is 0.0791 e. The zero-order valence-corrected chi connectivity index (χ0v) is 19.3. The average Bonchev–Trinajstić information content (AvgIpc) is 3.08. The van der Waals surface area contributed by atoms with E-state index in [1.54, 1.807) is 0 Å². The molecule has 0 aliphatic carbocycles. The standard InChI is InChI=1S/C28H33N3/c1-6-21-12-8-10-14-25(21)29-28(22-16-18-23(19-17-22)30(4)5)27-20(3)31(7-2)26-15-11-9-13-24(26)27/h8-19,28-29H,6-7H2,1-5H3. The lowest BCUT2D eigenvalue weighted by molar-refractivity contribution is 0.756. The molecule has 0 saturated heterocycles. The number of hydrogen-bond acceptors (Lipinski definition) is 2. The lowest BCUT2D eigenvalue weighted by Crippen LogP contribution is -2.15. The highest BCUT2D eigenvalue weighted by atomic mass is 15.1. The Hall–Kier alpha value is -3.20. The zero-order valence-electron chi connectivity index (χ0n) is 19.3. The number of benzene rings is 3. The first-order chi connectivity index (χ1) is 15.0. The summed E-state index contributed by atoms with van der Waals surface area (Å²) in [5, 5.41) is 5.25. The van der Waals surface area contributed by atoms with E-state index in [1.807, 2.05) is 0 Å². The number of fused-ring (bicyclic) bond motifs is 1. The molecule has 1 unspecified atom stereocenters. The molecule has 3 aromatic carbocycles. The summed E-state index contributed by atoms with van der Waals surface area (Å²) in [6.45, 7) is 7.66. The fourth-order valence-electron chi connectivity index (χ4n) is 4.64. The lowest BCUT2D eigenvalue weighted by Gasteiger charge is -2.24. The van der Waals surface area contributed by atoms with Crippen molar-refractivity contribution in [2.75, 3.05) is 24.3 Å². The van der Waals surface area contributed by atoms with Crippen molar-refractivity contribution >= 4 is 22.3 Å². The van der Waals surface area contributed by atoms with Gasteiger partial charge in [0.2, 0.25) is 0 Å². The molecule has 4 aromatic rings. The predicted octanol–water partition coefficient (Wildman–Crippen LogP) is 6.80. The van der Waals surface area contributed by atoms with Crippen molar-refractivity contribution in [2.45, 2.75) is 39.8 Å². The van der Waals surface area contributed by atoms with Gasteiger partial charge >= 0.3 is 0 Å². The molecule has 0 bridgehead atoms. The van der Waals surface area contributed by atoms with Crippen LogP contribution in [-0.2, 0) is 13.0 Å². The predicted molar refractivity (Wildman–Crippen MR) is 134 cm³/mol. The van der Waals surface area contributed by atoms with Crippen molar-refractivity contribution in [3.63, 3.8) is 0 Å². The van der Waals surface area contributed by atoms with Crippen LogP contribution in [0.3, 0.4) is 0 Å². The van der Waals surface area contributed by atoms with Crippen molar-refractivity contribution < 1.29 is 0 Å². The Morgan fingerprint density at radius 3 is 2.23 bits per heavy atom. The van der Waals surface area contributed by atoms with Gasteiger partial charge in [0.1, 0.15) is 0 Å².